The van der Waals surface area contributed by atoms with Crippen molar-refractivity contribution >= 4 is 5.91 Å². The summed E-state index contributed by atoms with van der Waals surface area (Å²) >= 11 is 0. The van der Waals surface area contributed by atoms with E-state index in [1.54, 1.807) is 18.2 Å². The summed E-state index contributed by atoms with van der Waals surface area (Å²) in [4.78, 5) is 11.8. The van der Waals surface area contributed by atoms with E-state index in [1.807, 2.05) is 0 Å². The molecule has 0 radical (unpaired) electrons. The van der Waals surface area contributed by atoms with E-state index in [0.29, 0.717) is 24.1 Å². The van der Waals surface area contributed by atoms with Crippen LogP contribution in [-0.2, 0) is 0 Å². The zero-order valence-electron chi connectivity index (χ0n) is 10.1. The number of nitrogens with one attached hydrogen (secondary N) is 1. The lowest BCUT2D eigenvalue weighted by Gasteiger charge is -2.09. The number of ether oxygens (including phenoxy) is 1. The Kier molecular flexibility index (Phi) is 3.22. The number of carbonyl (C=O) groups excluding carboxylic acids is 1. The van der Waals surface area contributed by atoms with E-state index in [2.05, 4.69) is 12.2 Å². The SMILES string of the molecule is COc1cccc(C(=O)NCC2CC2C)c1O. The third kappa shape index (κ3) is 2.52. The molecule has 1 aliphatic rings. The van der Waals surface area contributed by atoms with Crippen LogP contribution in [0.15, 0.2) is 18.2 Å². The van der Waals surface area contributed by atoms with E-state index >= 15 is 0 Å². The van der Waals surface area contributed by atoms with Crippen molar-refractivity contribution in [2.45, 2.75) is 13.3 Å². The van der Waals surface area contributed by atoms with Gasteiger partial charge in [-0.2, -0.15) is 0 Å². The molecule has 0 heterocycles. The maximum Gasteiger partial charge on any atom is 0.255 e. The highest BCUT2D eigenvalue weighted by atomic mass is 16.5. The summed E-state index contributed by atoms with van der Waals surface area (Å²) < 4.78 is 4.96. The second kappa shape index (κ2) is 4.65. The zero-order valence-corrected chi connectivity index (χ0v) is 10.1. The van der Waals surface area contributed by atoms with E-state index in [4.69, 9.17) is 4.74 Å². The molecule has 4 nitrogen and oxygen atoms in total. The van der Waals surface area contributed by atoms with Gasteiger partial charge in [-0.05, 0) is 30.4 Å². The number of amides is 1. The van der Waals surface area contributed by atoms with Crippen molar-refractivity contribution in [1.29, 1.82) is 0 Å². The Hall–Kier alpha value is -1.71. The summed E-state index contributed by atoms with van der Waals surface area (Å²) in [5, 5.41) is 12.6. The molecule has 1 aliphatic carbocycles. The lowest BCUT2D eigenvalue weighted by molar-refractivity contribution is 0.0948. The van der Waals surface area contributed by atoms with E-state index in [9.17, 15) is 9.90 Å². The zero-order chi connectivity index (χ0) is 12.4. The number of hydrogen-bond donors (Lipinski definition) is 2. The fraction of sp³-hybridized carbons (Fsp3) is 0.462. The van der Waals surface area contributed by atoms with Crippen molar-refractivity contribution < 1.29 is 14.6 Å². The van der Waals surface area contributed by atoms with Crippen molar-refractivity contribution in [2.24, 2.45) is 11.8 Å². The molecule has 1 aromatic carbocycles. The summed E-state index contributed by atoms with van der Waals surface area (Å²) in [5.41, 5.74) is 0.262. The predicted molar refractivity (Wildman–Crippen MR) is 64.3 cm³/mol. The number of para-hydroxylation sites is 1. The van der Waals surface area contributed by atoms with Gasteiger partial charge in [0.25, 0.3) is 5.91 Å². The van der Waals surface area contributed by atoms with Crippen LogP contribution in [0, 0.1) is 11.8 Å². The molecule has 1 aromatic rings. The maximum atomic E-state index is 11.8. The Bertz CT molecular complexity index is 431. The fourth-order valence-electron chi connectivity index (χ4n) is 1.87. The first-order valence-corrected chi connectivity index (χ1v) is 5.77. The minimum atomic E-state index is -0.250. The van der Waals surface area contributed by atoms with Gasteiger partial charge in [0.15, 0.2) is 11.5 Å². The number of carbonyl (C=O) groups is 1. The molecule has 2 N–H and O–H groups in total. The Labute approximate surface area is 101 Å². The average molecular weight is 235 g/mol. The van der Waals surface area contributed by atoms with Crippen molar-refractivity contribution in [1.82, 2.24) is 5.32 Å². The van der Waals surface area contributed by atoms with Crippen LogP contribution in [-0.4, -0.2) is 24.7 Å². The van der Waals surface area contributed by atoms with Crippen molar-refractivity contribution in [3.8, 4) is 11.5 Å². The lowest BCUT2D eigenvalue weighted by Crippen LogP contribution is -2.26. The molecular weight excluding hydrogens is 218 g/mol. The van der Waals surface area contributed by atoms with Crippen LogP contribution in [0.5, 0.6) is 11.5 Å². The minimum Gasteiger partial charge on any atom is -0.504 e. The molecule has 0 saturated heterocycles. The Morgan fingerprint density at radius 1 is 1.59 bits per heavy atom. The molecule has 1 fully saturated rings. The van der Waals surface area contributed by atoms with E-state index < -0.39 is 0 Å². The molecule has 0 spiro atoms. The lowest BCUT2D eigenvalue weighted by atomic mass is 10.1. The van der Waals surface area contributed by atoms with Gasteiger partial charge in [-0.1, -0.05) is 13.0 Å². The first kappa shape index (κ1) is 11.8. The number of aromatic hydroxyl groups is 1. The summed E-state index contributed by atoms with van der Waals surface area (Å²) in [5.74, 6) is 1.26. The highest BCUT2D eigenvalue weighted by Crippen LogP contribution is 2.37. The summed E-state index contributed by atoms with van der Waals surface area (Å²) in [6.45, 7) is 2.84. The molecule has 2 rings (SSSR count). The Morgan fingerprint density at radius 2 is 2.29 bits per heavy atom. The van der Waals surface area contributed by atoms with Gasteiger partial charge in [0.1, 0.15) is 0 Å². The second-order valence-electron chi connectivity index (χ2n) is 4.54. The largest absolute Gasteiger partial charge is 0.504 e. The van der Waals surface area contributed by atoms with Gasteiger partial charge in [-0.15, -0.1) is 0 Å². The van der Waals surface area contributed by atoms with Gasteiger partial charge in [0.05, 0.1) is 12.7 Å². The molecule has 2 atom stereocenters. The number of methoxy groups -OCH3 is 1. The molecule has 2 unspecified atom stereocenters. The molecule has 92 valence electrons. The third-order valence-electron chi connectivity index (χ3n) is 3.26. The van der Waals surface area contributed by atoms with Crippen molar-refractivity contribution in [2.75, 3.05) is 13.7 Å². The smallest absolute Gasteiger partial charge is 0.255 e. The first-order valence-electron chi connectivity index (χ1n) is 5.77. The third-order valence-corrected chi connectivity index (χ3v) is 3.26. The molecular formula is C13H17NO3. The van der Waals surface area contributed by atoms with Gasteiger partial charge in [0.2, 0.25) is 0 Å². The summed E-state index contributed by atoms with van der Waals surface area (Å²) in [7, 11) is 1.46. The van der Waals surface area contributed by atoms with Crippen LogP contribution < -0.4 is 10.1 Å². The minimum absolute atomic E-state index is 0.101. The van der Waals surface area contributed by atoms with E-state index in [1.165, 1.54) is 13.5 Å². The average Bonchev–Trinajstić information content (AvgIpc) is 3.03. The molecule has 0 aliphatic heterocycles. The monoisotopic (exact) mass is 235 g/mol. The molecule has 0 aromatic heterocycles. The molecule has 4 heteroatoms. The van der Waals surface area contributed by atoms with Crippen LogP contribution in [0.3, 0.4) is 0 Å². The van der Waals surface area contributed by atoms with Gasteiger partial charge < -0.3 is 15.2 Å². The molecule has 0 bridgehead atoms. The van der Waals surface area contributed by atoms with Crippen LogP contribution in [0.1, 0.15) is 23.7 Å². The Morgan fingerprint density at radius 3 is 2.88 bits per heavy atom. The number of phenols is 1. The number of rotatable bonds is 4. The van der Waals surface area contributed by atoms with E-state index in [0.717, 1.165) is 0 Å². The molecule has 1 saturated carbocycles. The van der Waals surface area contributed by atoms with Crippen LogP contribution in [0.2, 0.25) is 0 Å². The van der Waals surface area contributed by atoms with Gasteiger partial charge in [-0.25, -0.2) is 0 Å². The molecule has 1 amide bonds. The van der Waals surface area contributed by atoms with E-state index in [-0.39, 0.29) is 17.2 Å². The van der Waals surface area contributed by atoms with Gasteiger partial charge in [0, 0.05) is 6.54 Å². The number of benzene rings is 1. The summed E-state index contributed by atoms with van der Waals surface area (Å²) in [6.07, 6.45) is 1.17. The fourth-order valence-corrected chi connectivity index (χ4v) is 1.87. The molecule has 17 heavy (non-hydrogen) atoms. The predicted octanol–water partition coefficient (Wildman–Crippen LogP) is 1.79. The van der Waals surface area contributed by atoms with Crippen molar-refractivity contribution in [3.05, 3.63) is 23.8 Å². The first-order chi connectivity index (χ1) is 8.13. The normalized spacial score (nSPS) is 22.0. The van der Waals surface area contributed by atoms with Crippen molar-refractivity contribution in [3.63, 3.8) is 0 Å². The quantitative estimate of drug-likeness (QED) is 0.836. The topological polar surface area (TPSA) is 58.6 Å². The van der Waals surface area contributed by atoms with Gasteiger partial charge in [-0.3, -0.25) is 4.79 Å². The highest BCUT2D eigenvalue weighted by Gasteiger charge is 2.32. The second-order valence-corrected chi connectivity index (χ2v) is 4.54. The van der Waals surface area contributed by atoms with Gasteiger partial charge >= 0.3 is 0 Å². The number of phenolic OH excluding ortho intramolecular Hbond substituents is 1. The maximum absolute atomic E-state index is 11.8. The summed E-state index contributed by atoms with van der Waals surface area (Å²) in [6, 6.07) is 4.89. The van der Waals surface area contributed by atoms with Crippen LogP contribution in [0.25, 0.3) is 0 Å². The standard InChI is InChI=1S/C13H17NO3/c1-8-6-9(8)7-14-13(16)10-4-3-5-11(17-2)12(10)15/h3-5,8-9,15H,6-7H2,1-2H3,(H,14,16). The van der Waals surface area contributed by atoms with Crippen LogP contribution in [0.4, 0.5) is 0 Å². The highest BCUT2D eigenvalue weighted by molar-refractivity contribution is 5.97. The number of hydrogen-bond acceptors (Lipinski definition) is 3. The Balaban J connectivity index is 2.03. The van der Waals surface area contributed by atoms with Crippen LogP contribution >= 0.6 is 0 Å².